The molecule has 4 nitrogen and oxygen atoms in total. The number of hydrogen-bond donors (Lipinski definition) is 1. The summed E-state index contributed by atoms with van der Waals surface area (Å²) in [6, 6.07) is 38.1. The van der Waals surface area contributed by atoms with E-state index in [1.165, 1.54) is 5.39 Å². The number of para-hydroxylation sites is 3. The van der Waals surface area contributed by atoms with Crippen molar-refractivity contribution >= 4 is 66.4 Å². The molecule has 3 aromatic heterocycles. The van der Waals surface area contributed by atoms with Crippen molar-refractivity contribution in [2.75, 3.05) is 5.73 Å². The van der Waals surface area contributed by atoms with E-state index in [1.807, 2.05) is 25.1 Å². The molecule has 0 amide bonds. The molecular weight excluding hydrogens is 478 g/mol. The number of furan rings is 1. The molecular formula is C35H25N3O. The average Bonchev–Trinajstić information content (AvgIpc) is 3.61. The van der Waals surface area contributed by atoms with Crippen molar-refractivity contribution < 1.29 is 4.42 Å². The summed E-state index contributed by atoms with van der Waals surface area (Å²) in [4.78, 5) is 0. The van der Waals surface area contributed by atoms with E-state index in [4.69, 9.17) is 10.2 Å². The van der Waals surface area contributed by atoms with Crippen LogP contribution in [0, 0.1) is 0 Å². The second-order valence-corrected chi connectivity index (χ2v) is 9.93. The minimum atomic E-state index is 0.722. The first-order valence-electron chi connectivity index (χ1n) is 13.2. The quantitative estimate of drug-likeness (QED) is 0.261. The lowest BCUT2D eigenvalue weighted by molar-refractivity contribution is 0.677. The predicted molar refractivity (Wildman–Crippen MR) is 164 cm³/mol. The lowest BCUT2D eigenvalue weighted by Crippen LogP contribution is -1.97. The summed E-state index contributed by atoms with van der Waals surface area (Å²) in [5, 5.41) is 5.39. The smallest absolute Gasteiger partial charge is 0.146 e. The highest BCUT2D eigenvalue weighted by Gasteiger charge is 2.23. The van der Waals surface area contributed by atoms with Crippen LogP contribution in [0.25, 0.3) is 72.1 Å². The topological polar surface area (TPSA) is 49.0 Å². The van der Waals surface area contributed by atoms with Crippen molar-refractivity contribution in [1.82, 2.24) is 9.13 Å². The Morgan fingerprint density at radius 3 is 1.79 bits per heavy atom. The van der Waals surface area contributed by atoms with E-state index < -0.39 is 0 Å². The molecule has 0 aliphatic carbocycles. The third-order valence-corrected chi connectivity index (χ3v) is 7.80. The zero-order valence-electron chi connectivity index (χ0n) is 21.4. The molecule has 0 aliphatic heterocycles. The van der Waals surface area contributed by atoms with Gasteiger partial charge in [0.2, 0.25) is 0 Å². The molecule has 0 atom stereocenters. The molecule has 186 valence electrons. The van der Waals surface area contributed by atoms with E-state index in [1.54, 1.807) is 0 Å². The van der Waals surface area contributed by atoms with Gasteiger partial charge in [-0.1, -0.05) is 60.7 Å². The maximum atomic E-state index is 6.90. The van der Waals surface area contributed by atoms with Crippen LogP contribution in [0.4, 0.5) is 5.69 Å². The van der Waals surface area contributed by atoms with Gasteiger partial charge in [-0.05, 0) is 67.6 Å². The number of benzene rings is 5. The fourth-order valence-corrected chi connectivity index (χ4v) is 6.20. The fraction of sp³-hybridized carbons (Fsp3) is 0.0286. The Morgan fingerprint density at radius 2 is 1.13 bits per heavy atom. The summed E-state index contributed by atoms with van der Waals surface area (Å²) in [6.07, 6.45) is 4.10. The van der Waals surface area contributed by atoms with Crippen LogP contribution in [-0.2, 0) is 0 Å². The maximum Gasteiger partial charge on any atom is 0.146 e. The van der Waals surface area contributed by atoms with E-state index >= 15 is 0 Å². The summed E-state index contributed by atoms with van der Waals surface area (Å²) < 4.78 is 11.4. The molecule has 0 aliphatic rings. The number of aromatic nitrogens is 2. The molecule has 0 fully saturated rings. The first-order valence-corrected chi connectivity index (χ1v) is 13.2. The van der Waals surface area contributed by atoms with Gasteiger partial charge in [0.15, 0.2) is 0 Å². The molecule has 8 aromatic rings. The highest BCUT2D eigenvalue weighted by atomic mass is 16.3. The number of nitrogens with zero attached hydrogens (tertiary/aromatic N) is 2. The Morgan fingerprint density at radius 1 is 0.564 bits per heavy atom. The number of nitrogens with two attached hydrogens (primary N) is 1. The Hall–Kier alpha value is -5.22. The standard InChI is InChI=1S/C35H25N3O/c1-2-11-30-33(36)32-29(38(30)23-14-7-4-8-15-23)21-19-25-24-18-20-28-31(34(24)39-35(25)32)26-16-9-10-17-27(26)37(28)22-12-5-3-6-13-22/h2-21H,36H2,1H3/b11-2-. The van der Waals surface area contributed by atoms with E-state index in [9.17, 15) is 0 Å². The van der Waals surface area contributed by atoms with Crippen LogP contribution in [0.3, 0.4) is 0 Å². The Balaban J connectivity index is 1.53. The molecule has 0 unspecified atom stereocenters. The van der Waals surface area contributed by atoms with Crippen molar-refractivity contribution in [1.29, 1.82) is 0 Å². The van der Waals surface area contributed by atoms with E-state index in [-0.39, 0.29) is 0 Å². The van der Waals surface area contributed by atoms with Crippen LogP contribution < -0.4 is 5.73 Å². The largest absolute Gasteiger partial charge is 0.455 e. The molecule has 0 saturated carbocycles. The number of rotatable bonds is 3. The second-order valence-electron chi connectivity index (χ2n) is 9.93. The van der Waals surface area contributed by atoms with Crippen LogP contribution in [0.1, 0.15) is 12.6 Å². The molecule has 8 rings (SSSR count). The Kier molecular flexibility index (Phi) is 4.55. The number of anilines is 1. The van der Waals surface area contributed by atoms with Gasteiger partial charge in [-0.2, -0.15) is 0 Å². The predicted octanol–water partition coefficient (Wildman–Crippen LogP) is 9.24. The monoisotopic (exact) mass is 503 g/mol. The normalized spacial score (nSPS) is 12.2. The minimum absolute atomic E-state index is 0.722. The van der Waals surface area contributed by atoms with Crippen molar-refractivity contribution in [3.05, 3.63) is 121 Å². The molecule has 0 radical (unpaired) electrons. The van der Waals surface area contributed by atoms with E-state index in [0.29, 0.717) is 0 Å². The third kappa shape index (κ3) is 2.94. The molecule has 0 bridgehead atoms. The van der Waals surface area contributed by atoms with Gasteiger partial charge in [-0.25, -0.2) is 0 Å². The molecule has 0 spiro atoms. The number of fused-ring (bicyclic) bond motifs is 9. The van der Waals surface area contributed by atoms with Gasteiger partial charge in [0.05, 0.1) is 38.7 Å². The number of nitrogen functional groups attached to an aromatic ring is 1. The van der Waals surface area contributed by atoms with Gasteiger partial charge < -0.3 is 19.3 Å². The summed E-state index contributed by atoms with van der Waals surface area (Å²) in [7, 11) is 0. The highest BCUT2D eigenvalue weighted by molar-refractivity contribution is 6.27. The van der Waals surface area contributed by atoms with Gasteiger partial charge in [-0.3, -0.25) is 0 Å². The van der Waals surface area contributed by atoms with Gasteiger partial charge in [0.25, 0.3) is 0 Å². The lowest BCUT2D eigenvalue weighted by Gasteiger charge is -2.08. The van der Waals surface area contributed by atoms with Crippen LogP contribution in [0.5, 0.6) is 0 Å². The van der Waals surface area contributed by atoms with Gasteiger partial charge in [0.1, 0.15) is 11.2 Å². The SMILES string of the molecule is C/C=C\c1c(N)c2c3oc4c(ccc5c4c4ccccc4n5-c4ccccc4)c3ccc2n1-c1ccccc1. The lowest BCUT2D eigenvalue weighted by atomic mass is 10.1. The first-order chi connectivity index (χ1) is 19.3. The van der Waals surface area contributed by atoms with Crippen molar-refractivity contribution in [3.8, 4) is 11.4 Å². The summed E-state index contributed by atoms with van der Waals surface area (Å²) in [5.41, 5.74) is 15.8. The molecule has 4 heteroatoms. The first kappa shape index (κ1) is 21.8. The van der Waals surface area contributed by atoms with Crippen molar-refractivity contribution in [2.45, 2.75) is 6.92 Å². The zero-order chi connectivity index (χ0) is 26.1. The van der Waals surface area contributed by atoms with Gasteiger partial charge in [-0.15, -0.1) is 0 Å². The van der Waals surface area contributed by atoms with Crippen LogP contribution in [-0.4, -0.2) is 9.13 Å². The van der Waals surface area contributed by atoms with Gasteiger partial charge in [0, 0.05) is 27.5 Å². The van der Waals surface area contributed by atoms with Crippen molar-refractivity contribution in [3.63, 3.8) is 0 Å². The summed E-state index contributed by atoms with van der Waals surface area (Å²) in [6.45, 7) is 2.02. The summed E-state index contributed by atoms with van der Waals surface area (Å²) in [5.74, 6) is 0. The maximum absolute atomic E-state index is 6.90. The minimum Gasteiger partial charge on any atom is -0.455 e. The Labute approximate surface area is 224 Å². The molecule has 3 heterocycles. The van der Waals surface area contributed by atoms with Crippen LogP contribution >= 0.6 is 0 Å². The Bertz CT molecular complexity index is 2230. The zero-order valence-corrected chi connectivity index (χ0v) is 21.4. The number of hydrogen-bond acceptors (Lipinski definition) is 2. The number of allylic oxidation sites excluding steroid dienone is 1. The molecule has 39 heavy (non-hydrogen) atoms. The van der Waals surface area contributed by atoms with Gasteiger partial charge >= 0.3 is 0 Å². The van der Waals surface area contributed by atoms with Crippen molar-refractivity contribution in [2.24, 2.45) is 0 Å². The summed E-state index contributed by atoms with van der Waals surface area (Å²) >= 11 is 0. The fourth-order valence-electron chi connectivity index (χ4n) is 6.20. The molecule has 0 saturated heterocycles. The second kappa shape index (κ2) is 8.14. The third-order valence-electron chi connectivity index (χ3n) is 7.80. The average molecular weight is 504 g/mol. The highest BCUT2D eigenvalue weighted by Crippen LogP contribution is 2.44. The van der Waals surface area contributed by atoms with Crippen LogP contribution in [0.15, 0.2) is 120 Å². The van der Waals surface area contributed by atoms with Crippen LogP contribution in [0.2, 0.25) is 0 Å². The molecule has 5 aromatic carbocycles. The van der Waals surface area contributed by atoms with E-state index in [0.717, 1.165) is 72.0 Å². The van der Waals surface area contributed by atoms with E-state index in [2.05, 4.69) is 112 Å². The molecule has 2 N–H and O–H groups in total.